The Bertz CT molecular complexity index is 1110. The number of methoxy groups -OCH3 is 1. The van der Waals surface area contributed by atoms with E-state index in [1.54, 1.807) is 30.3 Å². The first-order valence-corrected chi connectivity index (χ1v) is 11.2. The Labute approximate surface area is 208 Å². The average Bonchev–Trinajstić information content (AvgIpc) is 2.84. The second-order valence-electron chi connectivity index (χ2n) is 7.44. The van der Waals surface area contributed by atoms with Crippen molar-refractivity contribution in [3.8, 4) is 11.6 Å². The Morgan fingerprint density at radius 1 is 1.06 bits per heavy atom. The van der Waals surface area contributed by atoms with Crippen LogP contribution in [-0.4, -0.2) is 41.9 Å². The van der Waals surface area contributed by atoms with Gasteiger partial charge < -0.3 is 25.4 Å². The van der Waals surface area contributed by atoms with Crippen LogP contribution in [0.2, 0.25) is 5.02 Å². The van der Waals surface area contributed by atoms with Gasteiger partial charge in [-0.3, -0.25) is 10.1 Å². The van der Waals surface area contributed by atoms with Crippen molar-refractivity contribution in [2.24, 2.45) is 0 Å². The predicted octanol–water partition coefficient (Wildman–Crippen LogP) is 3.58. The maximum absolute atomic E-state index is 12.4. The Kier molecular flexibility index (Phi) is 9.64. The molecule has 1 atom stereocenters. The Balaban J connectivity index is 1.61. The maximum Gasteiger partial charge on any atom is 0.317 e. The van der Waals surface area contributed by atoms with Crippen molar-refractivity contribution >= 4 is 29.3 Å². The molecule has 0 spiro atoms. The molecule has 0 bridgehead atoms. The van der Waals surface area contributed by atoms with Crippen molar-refractivity contribution < 1.29 is 19.1 Å². The van der Waals surface area contributed by atoms with E-state index in [2.05, 4.69) is 36.0 Å². The van der Waals surface area contributed by atoms with Gasteiger partial charge in [0.2, 0.25) is 5.88 Å². The number of hydrogen-bond donors (Lipinski definition) is 4. The molecule has 3 rings (SSSR count). The Morgan fingerprint density at radius 3 is 2.49 bits per heavy atom. The summed E-state index contributed by atoms with van der Waals surface area (Å²) < 4.78 is 10.3. The molecule has 0 radical (unpaired) electrons. The minimum Gasteiger partial charge on any atom is -0.469 e. The average molecular weight is 499 g/mol. The van der Waals surface area contributed by atoms with E-state index in [-0.39, 0.29) is 13.0 Å². The van der Waals surface area contributed by atoms with Crippen molar-refractivity contribution in [2.45, 2.75) is 26.2 Å². The van der Waals surface area contributed by atoms with Gasteiger partial charge in [-0.05, 0) is 48.9 Å². The molecule has 0 saturated heterocycles. The first-order chi connectivity index (χ1) is 16.9. The zero-order valence-corrected chi connectivity index (χ0v) is 20.1. The lowest BCUT2D eigenvalue weighted by Gasteiger charge is -2.23. The van der Waals surface area contributed by atoms with E-state index >= 15 is 0 Å². The monoisotopic (exact) mass is 498 g/mol. The van der Waals surface area contributed by atoms with Gasteiger partial charge in [0, 0.05) is 35.6 Å². The first kappa shape index (κ1) is 25.7. The topological polar surface area (TPSA) is 126 Å². The molecular weight excluding hydrogens is 472 g/mol. The second kappa shape index (κ2) is 13.1. The van der Waals surface area contributed by atoms with Gasteiger partial charge in [0.15, 0.2) is 6.29 Å². The van der Waals surface area contributed by atoms with Gasteiger partial charge in [0.05, 0.1) is 13.5 Å². The van der Waals surface area contributed by atoms with E-state index in [0.717, 1.165) is 16.9 Å². The van der Waals surface area contributed by atoms with Crippen LogP contribution in [0.25, 0.3) is 0 Å². The number of ether oxygens (including phenoxy) is 2. The minimum atomic E-state index is -0.625. The summed E-state index contributed by atoms with van der Waals surface area (Å²) in [5.74, 6) is 0.652. The number of halogens is 1. The summed E-state index contributed by atoms with van der Waals surface area (Å²) >= 11 is 5.96. The third-order valence-electron chi connectivity index (χ3n) is 4.71. The molecule has 0 fully saturated rings. The summed E-state index contributed by atoms with van der Waals surface area (Å²) in [4.78, 5) is 31.7. The Morgan fingerprint density at radius 2 is 1.80 bits per heavy atom. The lowest BCUT2D eigenvalue weighted by atomic mass is 10.2. The molecule has 1 unspecified atom stereocenters. The van der Waals surface area contributed by atoms with Crippen LogP contribution in [0, 0.1) is 6.92 Å². The van der Waals surface area contributed by atoms with E-state index in [4.69, 9.17) is 16.3 Å². The van der Waals surface area contributed by atoms with Gasteiger partial charge in [-0.15, -0.1) is 0 Å². The van der Waals surface area contributed by atoms with Gasteiger partial charge in [0.25, 0.3) is 0 Å². The molecule has 1 heterocycles. The van der Waals surface area contributed by atoms with Crippen LogP contribution in [0.3, 0.4) is 0 Å². The van der Waals surface area contributed by atoms with Crippen molar-refractivity contribution in [2.75, 3.05) is 19.0 Å². The molecular formula is C24H27ClN6O4. The highest BCUT2D eigenvalue weighted by Crippen LogP contribution is 2.21. The fourth-order valence-corrected chi connectivity index (χ4v) is 3.04. The van der Waals surface area contributed by atoms with Gasteiger partial charge in [-0.2, -0.15) is 0 Å². The van der Waals surface area contributed by atoms with Crippen LogP contribution >= 0.6 is 11.6 Å². The predicted molar refractivity (Wildman–Crippen MR) is 132 cm³/mol. The van der Waals surface area contributed by atoms with E-state index < -0.39 is 18.3 Å². The molecule has 1 aromatic heterocycles. The number of aromatic nitrogens is 2. The van der Waals surface area contributed by atoms with E-state index in [0.29, 0.717) is 23.2 Å². The summed E-state index contributed by atoms with van der Waals surface area (Å²) in [6.07, 6.45) is 0.896. The zero-order chi connectivity index (χ0) is 25.0. The van der Waals surface area contributed by atoms with Crippen molar-refractivity contribution in [1.29, 1.82) is 0 Å². The molecule has 10 nitrogen and oxygen atoms in total. The summed E-state index contributed by atoms with van der Waals surface area (Å²) in [6, 6.07) is 15.9. The summed E-state index contributed by atoms with van der Waals surface area (Å²) in [7, 11) is 1.30. The van der Waals surface area contributed by atoms with Crippen LogP contribution in [-0.2, 0) is 16.1 Å². The Hall–Kier alpha value is -3.89. The number of benzene rings is 2. The standard InChI is InChI=1S/C24H27ClN6O4/c1-16-13-21(29-15-28-16)35-20-9-7-19(8-10-20)30-23(27-14-17-3-5-18(25)6-4-17)31-24(33)26-12-11-22(32)34-2/h3-10,13,15,23,27,30H,11-12,14H2,1-2H3,(H2,26,31,33). The highest BCUT2D eigenvalue weighted by molar-refractivity contribution is 6.30. The summed E-state index contributed by atoms with van der Waals surface area (Å²) in [5.41, 5.74) is 2.52. The number of urea groups is 1. The molecule has 4 N–H and O–H groups in total. The van der Waals surface area contributed by atoms with Crippen LogP contribution in [0.5, 0.6) is 11.6 Å². The van der Waals surface area contributed by atoms with Crippen molar-refractivity contribution in [1.82, 2.24) is 25.9 Å². The largest absolute Gasteiger partial charge is 0.469 e. The smallest absolute Gasteiger partial charge is 0.317 e. The second-order valence-corrected chi connectivity index (χ2v) is 7.87. The van der Waals surface area contributed by atoms with Gasteiger partial charge >= 0.3 is 12.0 Å². The van der Waals surface area contributed by atoms with Crippen LogP contribution in [0.15, 0.2) is 60.9 Å². The number of hydrogen-bond acceptors (Lipinski definition) is 8. The molecule has 3 aromatic rings. The van der Waals surface area contributed by atoms with Crippen molar-refractivity contribution in [3.63, 3.8) is 0 Å². The molecule has 2 amide bonds. The van der Waals surface area contributed by atoms with Crippen LogP contribution in [0.1, 0.15) is 17.7 Å². The number of amides is 2. The molecule has 0 aliphatic rings. The van der Waals surface area contributed by atoms with E-state index in [9.17, 15) is 9.59 Å². The molecule has 11 heteroatoms. The fraction of sp³-hybridized carbons (Fsp3) is 0.250. The lowest BCUT2D eigenvalue weighted by Crippen LogP contribution is -2.53. The number of esters is 1. The van der Waals surface area contributed by atoms with Crippen molar-refractivity contribution in [3.05, 3.63) is 77.2 Å². The van der Waals surface area contributed by atoms with Crippen LogP contribution < -0.4 is 26.0 Å². The zero-order valence-electron chi connectivity index (χ0n) is 19.4. The molecule has 35 heavy (non-hydrogen) atoms. The third-order valence-corrected chi connectivity index (χ3v) is 4.96. The van der Waals surface area contributed by atoms with Gasteiger partial charge in [-0.25, -0.2) is 14.8 Å². The number of carbonyl (C=O) groups excluding carboxylic acids is 2. The minimum absolute atomic E-state index is 0.0769. The highest BCUT2D eigenvalue weighted by Gasteiger charge is 2.13. The SMILES string of the molecule is COC(=O)CCNC(=O)NC(NCc1ccc(Cl)cc1)Nc1ccc(Oc2cc(C)ncn2)cc1. The molecule has 0 aliphatic heterocycles. The molecule has 2 aromatic carbocycles. The van der Waals surface area contributed by atoms with E-state index in [1.807, 2.05) is 31.2 Å². The summed E-state index contributed by atoms with van der Waals surface area (Å²) in [6.45, 7) is 2.47. The highest BCUT2D eigenvalue weighted by atomic mass is 35.5. The van der Waals surface area contributed by atoms with Crippen LogP contribution in [0.4, 0.5) is 10.5 Å². The first-order valence-electron chi connectivity index (χ1n) is 10.8. The lowest BCUT2D eigenvalue weighted by molar-refractivity contribution is -0.140. The molecule has 0 saturated carbocycles. The van der Waals surface area contributed by atoms with E-state index in [1.165, 1.54) is 13.4 Å². The maximum atomic E-state index is 12.4. The summed E-state index contributed by atoms with van der Waals surface area (Å²) in [5, 5.41) is 12.5. The number of anilines is 1. The molecule has 184 valence electrons. The number of carbonyl (C=O) groups is 2. The number of aryl methyl sites for hydroxylation is 1. The quantitative estimate of drug-likeness (QED) is 0.233. The number of nitrogens with one attached hydrogen (secondary N) is 4. The molecule has 0 aliphatic carbocycles. The third kappa shape index (κ3) is 9.11. The number of nitrogens with zero attached hydrogens (tertiary/aromatic N) is 2. The normalized spacial score (nSPS) is 11.3. The fourth-order valence-electron chi connectivity index (χ4n) is 2.92. The van der Waals surface area contributed by atoms with Gasteiger partial charge in [-0.1, -0.05) is 23.7 Å². The number of rotatable bonds is 11. The van der Waals surface area contributed by atoms with Gasteiger partial charge in [0.1, 0.15) is 12.1 Å².